The van der Waals surface area contributed by atoms with Crippen molar-refractivity contribution in [1.82, 2.24) is 0 Å². The van der Waals surface area contributed by atoms with E-state index >= 15 is 0 Å². The molecule has 0 fully saturated rings. The Bertz CT molecular complexity index is 1430. The number of esters is 1. The molecule has 4 aromatic carbocycles. The molecule has 0 aromatic heterocycles. The van der Waals surface area contributed by atoms with Crippen LogP contribution in [0.2, 0.25) is 0 Å². The molecular formula is C29H20F4O3. The Kier molecular flexibility index (Phi) is 7.20. The van der Waals surface area contributed by atoms with Gasteiger partial charge in [-0.05, 0) is 42.3 Å². The maximum Gasteiger partial charge on any atom is 0.346 e. The van der Waals surface area contributed by atoms with Crippen LogP contribution in [0.5, 0.6) is 11.5 Å². The second-order valence-corrected chi connectivity index (χ2v) is 7.91. The second-order valence-electron chi connectivity index (χ2n) is 7.91. The number of benzene rings is 4. The van der Waals surface area contributed by atoms with Gasteiger partial charge in [0.1, 0.15) is 12.4 Å². The second kappa shape index (κ2) is 10.5. The Morgan fingerprint density at radius 1 is 0.750 bits per heavy atom. The molecule has 0 heterocycles. The van der Waals surface area contributed by atoms with E-state index in [4.69, 9.17) is 9.47 Å². The van der Waals surface area contributed by atoms with Crippen LogP contribution >= 0.6 is 0 Å². The Hall–Kier alpha value is -4.39. The lowest BCUT2D eigenvalue weighted by Gasteiger charge is -2.11. The minimum absolute atomic E-state index is 0.00713. The maximum atomic E-state index is 14.9. The van der Waals surface area contributed by atoms with Crippen molar-refractivity contribution in [2.45, 2.75) is 6.92 Å². The van der Waals surface area contributed by atoms with Crippen LogP contribution in [0.1, 0.15) is 15.9 Å². The third kappa shape index (κ3) is 5.00. The highest BCUT2D eigenvalue weighted by atomic mass is 19.2. The molecule has 0 N–H and O–H groups in total. The van der Waals surface area contributed by atoms with Crippen LogP contribution in [0.25, 0.3) is 22.3 Å². The summed E-state index contributed by atoms with van der Waals surface area (Å²) in [6, 6.07) is 17.7. The summed E-state index contributed by atoms with van der Waals surface area (Å²) in [6.45, 7) is 5.28. The van der Waals surface area contributed by atoms with Gasteiger partial charge < -0.3 is 9.47 Å². The van der Waals surface area contributed by atoms with Crippen molar-refractivity contribution < 1.29 is 31.8 Å². The summed E-state index contributed by atoms with van der Waals surface area (Å²) in [6.07, 6.45) is 1.36. The molecule has 0 saturated heterocycles. The minimum Gasteiger partial charge on any atom is -0.486 e. The van der Waals surface area contributed by atoms with Gasteiger partial charge >= 0.3 is 5.97 Å². The third-order valence-corrected chi connectivity index (χ3v) is 5.44. The standard InChI is InChI=1S/C29H20F4O3/c1-3-16-35-24-15-14-23(27(32)28(24)33)29(34)36-20-10-8-19(9-11-20)22-13-12-21(25(30)26(22)31)18-6-4-17(2)5-7-18/h3-15H,1,16H2,2H3. The van der Waals surface area contributed by atoms with E-state index < -0.39 is 34.8 Å². The van der Waals surface area contributed by atoms with Crippen LogP contribution < -0.4 is 9.47 Å². The molecule has 4 rings (SSSR count). The van der Waals surface area contributed by atoms with E-state index in [1.165, 1.54) is 42.5 Å². The Morgan fingerprint density at radius 3 is 1.86 bits per heavy atom. The van der Waals surface area contributed by atoms with Gasteiger partial charge in [0.2, 0.25) is 5.82 Å². The van der Waals surface area contributed by atoms with E-state index in [-0.39, 0.29) is 29.2 Å². The fraction of sp³-hybridized carbons (Fsp3) is 0.0690. The van der Waals surface area contributed by atoms with E-state index in [0.717, 1.165) is 17.7 Å². The normalized spacial score (nSPS) is 10.7. The molecule has 0 unspecified atom stereocenters. The van der Waals surface area contributed by atoms with Gasteiger partial charge in [0.15, 0.2) is 23.2 Å². The summed E-state index contributed by atoms with van der Waals surface area (Å²) in [5.41, 5.74) is 1.42. The molecule has 0 bridgehead atoms. The Balaban J connectivity index is 1.53. The molecule has 7 heteroatoms. The number of aryl methyl sites for hydroxylation is 1. The van der Waals surface area contributed by atoms with Gasteiger partial charge in [-0.2, -0.15) is 4.39 Å². The van der Waals surface area contributed by atoms with Crippen molar-refractivity contribution in [1.29, 1.82) is 0 Å². The van der Waals surface area contributed by atoms with Crippen molar-refractivity contribution in [3.05, 3.63) is 120 Å². The summed E-state index contributed by atoms with van der Waals surface area (Å²) in [7, 11) is 0. The largest absolute Gasteiger partial charge is 0.486 e. The number of ether oxygens (including phenoxy) is 2. The highest BCUT2D eigenvalue weighted by molar-refractivity contribution is 5.91. The SMILES string of the molecule is C=CCOc1ccc(C(=O)Oc2ccc(-c3ccc(-c4ccc(C)cc4)c(F)c3F)cc2)c(F)c1F. The Morgan fingerprint density at radius 2 is 1.31 bits per heavy atom. The van der Waals surface area contributed by atoms with Crippen LogP contribution in [-0.4, -0.2) is 12.6 Å². The smallest absolute Gasteiger partial charge is 0.346 e. The van der Waals surface area contributed by atoms with Crippen molar-refractivity contribution >= 4 is 5.97 Å². The monoisotopic (exact) mass is 492 g/mol. The predicted molar refractivity (Wildman–Crippen MR) is 129 cm³/mol. The highest BCUT2D eigenvalue weighted by Gasteiger charge is 2.21. The van der Waals surface area contributed by atoms with E-state index in [1.807, 2.05) is 19.1 Å². The molecule has 0 amide bonds. The van der Waals surface area contributed by atoms with Crippen molar-refractivity contribution in [3.63, 3.8) is 0 Å². The summed E-state index contributed by atoms with van der Waals surface area (Å²) in [5.74, 6) is -6.23. The summed E-state index contributed by atoms with van der Waals surface area (Å²) in [4.78, 5) is 12.4. The van der Waals surface area contributed by atoms with Gasteiger partial charge in [-0.3, -0.25) is 0 Å². The van der Waals surface area contributed by atoms with Crippen LogP contribution in [-0.2, 0) is 0 Å². The van der Waals surface area contributed by atoms with Gasteiger partial charge in [-0.15, -0.1) is 0 Å². The molecule has 3 nitrogen and oxygen atoms in total. The molecule has 182 valence electrons. The van der Waals surface area contributed by atoms with Gasteiger partial charge in [0, 0.05) is 11.1 Å². The van der Waals surface area contributed by atoms with E-state index in [2.05, 4.69) is 6.58 Å². The zero-order valence-electron chi connectivity index (χ0n) is 19.2. The molecule has 0 aliphatic heterocycles. The quantitative estimate of drug-likeness (QED) is 0.115. The fourth-order valence-corrected chi connectivity index (χ4v) is 3.54. The number of carbonyl (C=O) groups is 1. The van der Waals surface area contributed by atoms with Gasteiger partial charge in [-0.1, -0.05) is 66.7 Å². The Labute approximate surface area is 205 Å². The van der Waals surface area contributed by atoms with Crippen molar-refractivity contribution in [2.75, 3.05) is 6.61 Å². The minimum atomic E-state index is -1.41. The number of hydrogen-bond acceptors (Lipinski definition) is 3. The lowest BCUT2D eigenvalue weighted by Crippen LogP contribution is -2.12. The molecule has 0 aliphatic carbocycles. The lowest BCUT2D eigenvalue weighted by molar-refractivity contribution is 0.0728. The first kappa shape index (κ1) is 24.7. The lowest BCUT2D eigenvalue weighted by atomic mass is 9.98. The topological polar surface area (TPSA) is 35.5 Å². The van der Waals surface area contributed by atoms with Crippen molar-refractivity contribution in [2.24, 2.45) is 0 Å². The fourth-order valence-electron chi connectivity index (χ4n) is 3.54. The molecule has 36 heavy (non-hydrogen) atoms. The average Bonchev–Trinajstić information content (AvgIpc) is 2.88. The zero-order chi connectivity index (χ0) is 25.8. The number of carbonyl (C=O) groups excluding carboxylic acids is 1. The summed E-state index contributed by atoms with van der Waals surface area (Å²) >= 11 is 0. The number of rotatable bonds is 7. The van der Waals surface area contributed by atoms with Crippen molar-refractivity contribution in [3.8, 4) is 33.8 Å². The number of halogens is 4. The predicted octanol–water partition coefficient (Wildman–Crippen LogP) is 7.67. The zero-order valence-corrected chi connectivity index (χ0v) is 19.2. The van der Waals surface area contributed by atoms with E-state index in [0.29, 0.717) is 11.1 Å². The average molecular weight is 492 g/mol. The molecule has 0 radical (unpaired) electrons. The first-order valence-corrected chi connectivity index (χ1v) is 10.9. The summed E-state index contributed by atoms with van der Waals surface area (Å²) in [5, 5.41) is 0. The van der Waals surface area contributed by atoms with Gasteiger partial charge in [0.25, 0.3) is 0 Å². The first-order valence-electron chi connectivity index (χ1n) is 10.9. The van der Waals surface area contributed by atoms with Crippen LogP contribution in [0.15, 0.2) is 85.5 Å². The maximum absolute atomic E-state index is 14.9. The van der Waals surface area contributed by atoms with Crippen LogP contribution in [0.3, 0.4) is 0 Å². The number of hydrogen-bond donors (Lipinski definition) is 0. The molecular weight excluding hydrogens is 472 g/mol. The first-order chi connectivity index (χ1) is 17.3. The molecule has 4 aromatic rings. The van der Waals surface area contributed by atoms with Gasteiger partial charge in [0.05, 0.1) is 5.56 Å². The highest BCUT2D eigenvalue weighted by Crippen LogP contribution is 2.32. The molecule has 0 saturated carbocycles. The van der Waals surface area contributed by atoms with Crippen LogP contribution in [0.4, 0.5) is 17.6 Å². The third-order valence-electron chi connectivity index (χ3n) is 5.44. The van der Waals surface area contributed by atoms with E-state index in [9.17, 15) is 22.4 Å². The molecule has 0 atom stereocenters. The van der Waals surface area contributed by atoms with Crippen LogP contribution in [0, 0.1) is 30.2 Å². The molecule has 0 aliphatic rings. The molecule has 0 spiro atoms. The van der Waals surface area contributed by atoms with E-state index in [1.54, 1.807) is 12.1 Å². The van der Waals surface area contributed by atoms with Gasteiger partial charge in [-0.25, -0.2) is 18.0 Å². The summed E-state index contributed by atoms with van der Waals surface area (Å²) < 4.78 is 68.3.